The molecule has 0 aromatic carbocycles. The number of fused-ring (bicyclic) bond motifs is 2. The first kappa shape index (κ1) is 17.4. The number of aromatic nitrogens is 1. The van der Waals surface area contributed by atoms with Gasteiger partial charge in [-0.2, -0.15) is 5.26 Å². The van der Waals surface area contributed by atoms with Gasteiger partial charge in [0.15, 0.2) is 5.66 Å². The Balaban J connectivity index is 1.70. The van der Waals surface area contributed by atoms with Crippen LogP contribution >= 0.6 is 0 Å². The molecule has 2 fully saturated rings. The molecule has 0 aliphatic carbocycles. The summed E-state index contributed by atoms with van der Waals surface area (Å²) < 4.78 is 11.3. The van der Waals surface area contributed by atoms with Gasteiger partial charge in [-0.3, -0.25) is 4.90 Å². The van der Waals surface area contributed by atoms with Crippen LogP contribution < -0.4 is 11.1 Å². The minimum absolute atomic E-state index is 0.278. The van der Waals surface area contributed by atoms with Gasteiger partial charge in [-0.25, -0.2) is 9.98 Å². The van der Waals surface area contributed by atoms with E-state index in [1.165, 1.54) is 0 Å². The second-order valence-corrected chi connectivity index (χ2v) is 7.39. The standard InChI is InChI=1S/C19H23N7O2/c20-9-13-7-17(21)22-10-16(13)19(25-1-4-27-5-2-25)15-8-14-11-28-6-3-26(14)18(15)23-12-24-19/h7,10,12,14H,1-6,8,11H2,(H2,21,22)(H,23,24)/t14?,19-/m0/s1. The largest absolute Gasteiger partial charge is 0.384 e. The lowest BCUT2D eigenvalue weighted by Crippen LogP contribution is -2.54. The summed E-state index contributed by atoms with van der Waals surface area (Å²) in [6, 6.07) is 4.23. The number of nitrogen functional groups attached to an aromatic ring is 1. The number of nitriles is 1. The highest BCUT2D eigenvalue weighted by Gasteiger charge is 2.51. The van der Waals surface area contributed by atoms with Crippen molar-refractivity contribution >= 4 is 12.2 Å². The number of ether oxygens (including phenoxy) is 2. The zero-order valence-corrected chi connectivity index (χ0v) is 15.6. The van der Waals surface area contributed by atoms with E-state index in [0.717, 1.165) is 43.0 Å². The highest BCUT2D eigenvalue weighted by molar-refractivity contribution is 5.65. The maximum Gasteiger partial charge on any atom is 0.169 e. The Labute approximate surface area is 163 Å². The quantitative estimate of drug-likeness (QED) is 0.734. The average Bonchev–Trinajstić information content (AvgIpc) is 3.13. The maximum absolute atomic E-state index is 9.84. The molecule has 9 heteroatoms. The molecule has 0 amide bonds. The van der Waals surface area contributed by atoms with Crippen LogP contribution in [0.25, 0.3) is 0 Å². The van der Waals surface area contributed by atoms with Gasteiger partial charge in [0.2, 0.25) is 0 Å². The summed E-state index contributed by atoms with van der Waals surface area (Å²) >= 11 is 0. The minimum atomic E-state index is -0.784. The predicted octanol–water partition coefficient (Wildman–Crippen LogP) is -0.0319. The topological polar surface area (TPSA) is 112 Å². The number of nitrogens with zero attached hydrogens (tertiary/aromatic N) is 5. The summed E-state index contributed by atoms with van der Waals surface area (Å²) in [6.45, 7) is 4.97. The molecule has 5 heterocycles. The summed E-state index contributed by atoms with van der Waals surface area (Å²) in [5, 5.41) is 13.2. The number of rotatable bonds is 2. The fourth-order valence-electron chi connectivity index (χ4n) is 4.77. The lowest BCUT2D eigenvalue weighted by Gasteiger charge is -2.45. The first-order valence-corrected chi connectivity index (χ1v) is 9.61. The van der Waals surface area contributed by atoms with Crippen molar-refractivity contribution in [1.29, 1.82) is 5.26 Å². The van der Waals surface area contributed by atoms with Crippen molar-refractivity contribution in [3.63, 3.8) is 0 Å². The van der Waals surface area contributed by atoms with Crippen LogP contribution in [0.1, 0.15) is 17.5 Å². The number of anilines is 1. The number of nitrogens with one attached hydrogen (secondary N) is 1. The zero-order valence-electron chi connectivity index (χ0n) is 15.6. The Morgan fingerprint density at radius 2 is 2.07 bits per heavy atom. The molecule has 28 heavy (non-hydrogen) atoms. The summed E-state index contributed by atoms with van der Waals surface area (Å²) in [4.78, 5) is 14.0. The predicted molar refractivity (Wildman–Crippen MR) is 102 cm³/mol. The van der Waals surface area contributed by atoms with Crippen molar-refractivity contribution in [2.24, 2.45) is 4.99 Å². The average molecular weight is 381 g/mol. The van der Waals surface area contributed by atoms with Gasteiger partial charge in [-0.15, -0.1) is 0 Å². The Morgan fingerprint density at radius 3 is 2.89 bits per heavy atom. The van der Waals surface area contributed by atoms with E-state index in [9.17, 15) is 5.26 Å². The summed E-state index contributed by atoms with van der Waals surface area (Å²) in [6.07, 6.45) is 4.29. The lowest BCUT2D eigenvalue weighted by atomic mass is 9.85. The molecule has 5 rings (SSSR count). The smallest absolute Gasteiger partial charge is 0.169 e. The lowest BCUT2D eigenvalue weighted by molar-refractivity contribution is -0.0108. The molecule has 9 nitrogen and oxygen atoms in total. The molecule has 0 saturated carbocycles. The van der Waals surface area contributed by atoms with Crippen LogP contribution in [0.3, 0.4) is 0 Å². The Hall–Kier alpha value is -2.67. The van der Waals surface area contributed by atoms with Gasteiger partial charge in [-0.1, -0.05) is 0 Å². The summed E-state index contributed by atoms with van der Waals surface area (Å²) in [5.74, 6) is 1.41. The molecular formula is C19H23N7O2. The van der Waals surface area contributed by atoms with Crippen molar-refractivity contribution in [1.82, 2.24) is 20.1 Å². The molecule has 1 unspecified atom stereocenters. The number of hydrogen-bond donors (Lipinski definition) is 2. The van der Waals surface area contributed by atoms with Crippen LogP contribution in [-0.2, 0) is 15.1 Å². The Morgan fingerprint density at radius 1 is 1.25 bits per heavy atom. The van der Waals surface area contributed by atoms with E-state index in [4.69, 9.17) is 20.2 Å². The maximum atomic E-state index is 9.84. The van der Waals surface area contributed by atoms with Crippen molar-refractivity contribution in [3.8, 4) is 6.07 Å². The van der Waals surface area contributed by atoms with E-state index in [1.807, 2.05) is 0 Å². The number of morpholine rings is 2. The zero-order chi connectivity index (χ0) is 19.1. The first-order chi connectivity index (χ1) is 13.7. The van der Waals surface area contributed by atoms with Crippen LogP contribution in [0.5, 0.6) is 0 Å². The SMILES string of the molecule is N#Cc1cc(N)ncc1[C@]1(N2CCOCC2)N=CNC2=C1CC1COCCN21. The van der Waals surface area contributed by atoms with E-state index in [1.54, 1.807) is 18.6 Å². The number of nitrogens with two attached hydrogens (primary N) is 1. The molecule has 3 N–H and O–H groups in total. The molecular weight excluding hydrogens is 358 g/mol. The van der Waals surface area contributed by atoms with Gasteiger partial charge in [0.25, 0.3) is 0 Å². The number of pyridine rings is 1. The molecule has 1 aromatic rings. The van der Waals surface area contributed by atoms with Crippen molar-refractivity contribution in [2.75, 3.05) is 51.8 Å². The highest BCUT2D eigenvalue weighted by atomic mass is 16.5. The monoisotopic (exact) mass is 381 g/mol. The van der Waals surface area contributed by atoms with Crippen LogP contribution in [-0.4, -0.2) is 73.2 Å². The second-order valence-electron chi connectivity index (χ2n) is 7.39. The van der Waals surface area contributed by atoms with Gasteiger partial charge in [0.1, 0.15) is 11.6 Å². The fraction of sp³-hybridized carbons (Fsp3) is 0.526. The molecule has 0 radical (unpaired) electrons. The van der Waals surface area contributed by atoms with Crippen LogP contribution in [0, 0.1) is 11.3 Å². The number of aliphatic imine (C=N–C) groups is 1. The van der Waals surface area contributed by atoms with Crippen molar-refractivity contribution < 1.29 is 9.47 Å². The second kappa shape index (κ2) is 6.74. The van der Waals surface area contributed by atoms with Gasteiger partial charge in [0.05, 0.1) is 50.4 Å². The minimum Gasteiger partial charge on any atom is -0.384 e. The van der Waals surface area contributed by atoms with Crippen molar-refractivity contribution in [2.45, 2.75) is 18.1 Å². The molecule has 146 valence electrons. The van der Waals surface area contributed by atoms with Gasteiger partial charge < -0.3 is 25.4 Å². The number of hydrogen-bond acceptors (Lipinski definition) is 9. The molecule has 1 aromatic heterocycles. The molecule has 0 bridgehead atoms. The van der Waals surface area contributed by atoms with E-state index in [0.29, 0.717) is 37.8 Å². The Bertz CT molecular complexity index is 887. The van der Waals surface area contributed by atoms with Gasteiger partial charge >= 0.3 is 0 Å². The van der Waals surface area contributed by atoms with E-state index in [-0.39, 0.29) is 6.04 Å². The van der Waals surface area contributed by atoms with E-state index >= 15 is 0 Å². The van der Waals surface area contributed by atoms with E-state index < -0.39 is 5.66 Å². The highest BCUT2D eigenvalue weighted by Crippen LogP contribution is 2.48. The third-order valence-electron chi connectivity index (χ3n) is 6.00. The fourth-order valence-corrected chi connectivity index (χ4v) is 4.77. The normalized spacial score (nSPS) is 29.8. The summed E-state index contributed by atoms with van der Waals surface area (Å²) in [5.41, 5.74) is 7.53. The Kier molecular flexibility index (Phi) is 4.19. The molecule has 2 saturated heterocycles. The first-order valence-electron chi connectivity index (χ1n) is 9.61. The van der Waals surface area contributed by atoms with Gasteiger partial charge in [-0.05, 0) is 12.5 Å². The third kappa shape index (κ3) is 2.49. The van der Waals surface area contributed by atoms with Crippen LogP contribution in [0.2, 0.25) is 0 Å². The van der Waals surface area contributed by atoms with E-state index in [2.05, 4.69) is 26.2 Å². The molecule has 4 aliphatic heterocycles. The summed E-state index contributed by atoms with van der Waals surface area (Å²) in [7, 11) is 0. The van der Waals surface area contributed by atoms with Crippen LogP contribution in [0.4, 0.5) is 5.82 Å². The van der Waals surface area contributed by atoms with Crippen molar-refractivity contribution in [3.05, 3.63) is 34.8 Å². The third-order valence-corrected chi connectivity index (χ3v) is 6.00. The molecule has 2 atom stereocenters. The molecule has 0 spiro atoms. The van der Waals surface area contributed by atoms with Crippen LogP contribution in [0.15, 0.2) is 28.6 Å². The van der Waals surface area contributed by atoms with Gasteiger partial charge in [0, 0.05) is 37.0 Å². The molecule has 4 aliphatic rings.